The zero-order valence-electron chi connectivity index (χ0n) is 17.7. The summed E-state index contributed by atoms with van der Waals surface area (Å²) in [4.78, 5) is 24.1. The predicted octanol–water partition coefficient (Wildman–Crippen LogP) is 4.06. The summed E-state index contributed by atoms with van der Waals surface area (Å²) in [5.41, 5.74) is 3.20. The molecule has 156 valence electrons. The van der Waals surface area contributed by atoms with E-state index in [1.165, 1.54) is 18.6 Å². The summed E-state index contributed by atoms with van der Waals surface area (Å²) < 4.78 is 6.85. The molecule has 29 heavy (non-hydrogen) atoms. The molecule has 1 heterocycles. The Morgan fingerprint density at radius 3 is 2.45 bits per heavy atom. The molecule has 0 saturated carbocycles. The molecule has 1 N–H and O–H groups in total. The first-order valence-corrected chi connectivity index (χ1v) is 9.83. The van der Waals surface area contributed by atoms with Gasteiger partial charge in [-0.05, 0) is 53.2 Å². The number of benzene rings is 1. The number of rotatable bonds is 6. The number of hydrogen-bond donors (Lipinski definition) is 1. The summed E-state index contributed by atoms with van der Waals surface area (Å²) in [6.07, 6.45) is 1.92. The lowest BCUT2D eigenvalue weighted by Crippen LogP contribution is -2.46. The van der Waals surface area contributed by atoms with Crippen LogP contribution in [0, 0.1) is 13.8 Å². The second-order valence-corrected chi connectivity index (χ2v) is 8.44. The van der Waals surface area contributed by atoms with Crippen LogP contribution in [0.4, 0.5) is 0 Å². The number of nitrogens with zero attached hydrogens (tertiary/aromatic N) is 2. The Balaban J connectivity index is 2.04. The van der Waals surface area contributed by atoms with Crippen LogP contribution in [0.5, 0.6) is 0 Å². The number of aromatic nitrogens is 2. The van der Waals surface area contributed by atoms with E-state index in [4.69, 9.17) is 16.3 Å². The molecule has 0 saturated heterocycles. The van der Waals surface area contributed by atoms with Gasteiger partial charge in [-0.1, -0.05) is 41.4 Å². The molecule has 1 aromatic heterocycles. The number of nitrogens with one attached hydrogen (secondary N) is 1. The molecule has 0 spiro atoms. The van der Waals surface area contributed by atoms with E-state index in [2.05, 4.69) is 10.4 Å². The van der Waals surface area contributed by atoms with E-state index in [0.717, 1.165) is 5.56 Å². The van der Waals surface area contributed by atoms with E-state index >= 15 is 0 Å². The molecule has 0 aliphatic carbocycles. The standard InChI is InChI=1S/C22H28ClN3O3/c1-14-7-9-17(10-8-14)13-26-20(23)18(15(2)25-26)11-12-19(27)29-16(3)21(28)24-22(4,5)6/h7-12,16H,13H2,1-6H3,(H,24,28)/b12-11+/t16-/m0/s1. The minimum Gasteiger partial charge on any atom is -0.449 e. The average Bonchev–Trinajstić information content (AvgIpc) is 2.87. The molecule has 0 bridgehead atoms. The summed E-state index contributed by atoms with van der Waals surface area (Å²) in [5.74, 6) is -0.970. The maximum atomic E-state index is 12.1. The Labute approximate surface area is 176 Å². The summed E-state index contributed by atoms with van der Waals surface area (Å²) in [6.45, 7) is 11.5. The van der Waals surface area contributed by atoms with E-state index in [1.807, 2.05) is 58.9 Å². The predicted molar refractivity (Wildman–Crippen MR) is 115 cm³/mol. The van der Waals surface area contributed by atoms with Gasteiger partial charge in [0.25, 0.3) is 5.91 Å². The lowest BCUT2D eigenvalue weighted by molar-refractivity contribution is -0.150. The first kappa shape index (κ1) is 22.7. The van der Waals surface area contributed by atoms with Crippen LogP contribution in [0.2, 0.25) is 5.15 Å². The van der Waals surface area contributed by atoms with Gasteiger partial charge >= 0.3 is 5.97 Å². The summed E-state index contributed by atoms with van der Waals surface area (Å²) in [7, 11) is 0. The van der Waals surface area contributed by atoms with Crippen LogP contribution >= 0.6 is 11.6 Å². The average molecular weight is 418 g/mol. The SMILES string of the molecule is Cc1ccc(Cn2nc(C)c(/C=C/C(=O)O[C@@H](C)C(=O)NC(C)(C)C)c2Cl)cc1. The molecule has 0 aliphatic rings. The quantitative estimate of drug-likeness (QED) is 0.568. The van der Waals surface area contributed by atoms with Crippen molar-refractivity contribution >= 4 is 29.6 Å². The van der Waals surface area contributed by atoms with Gasteiger partial charge in [-0.25, -0.2) is 9.48 Å². The zero-order valence-corrected chi connectivity index (χ0v) is 18.5. The number of amides is 1. The van der Waals surface area contributed by atoms with Gasteiger partial charge in [-0.3, -0.25) is 4.79 Å². The molecule has 0 aliphatic heterocycles. The molecular formula is C22H28ClN3O3. The van der Waals surface area contributed by atoms with Gasteiger partial charge in [0.15, 0.2) is 6.10 Å². The van der Waals surface area contributed by atoms with E-state index in [-0.39, 0.29) is 5.91 Å². The Morgan fingerprint density at radius 2 is 1.86 bits per heavy atom. The van der Waals surface area contributed by atoms with Gasteiger partial charge in [0.2, 0.25) is 0 Å². The van der Waals surface area contributed by atoms with Crippen molar-refractivity contribution in [1.82, 2.24) is 15.1 Å². The van der Waals surface area contributed by atoms with Gasteiger partial charge in [-0.15, -0.1) is 0 Å². The lowest BCUT2D eigenvalue weighted by Gasteiger charge is -2.22. The third-order valence-electron chi connectivity index (χ3n) is 4.11. The molecule has 2 aromatic rings. The van der Waals surface area contributed by atoms with E-state index in [0.29, 0.717) is 23.0 Å². The van der Waals surface area contributed by atoms with E-state index in [1.54, 1.807) is 10.8 Å². The minimum atomic E-state index is -0.896. The van der Waals surface area contributed by atoms with Gasteiger partial charge in [-0.2, -0.15) is 5.10 Å². The Morgan fingerprint density at radius 1 is 1.24 bits per heavy atom. The fourth-order valence-corrected chi connectivity index (χ4v) is 2.91. The van der Waals surface area contributed by atoms with Crippen LogP contribution in [0.3, 0.4) is 0 Å². The smallest absolute Gasteiger partial charge is 0.331 e. The lowest BCUT2D eigenvalue weighted by atomic mass is 10.1. The molecule has 2 rings (SSSR count). The molecule has 0 fully saturated rings. The van der Waals surface area contributed by atoms with Crippen molar-refractivity contribution in [2.75, 3.05) is 0 Å². The van der Waals surface area contributed by atoms with Crippen molar-refractivity contribution in [3.05, 3.63) is 57.9 Å². The Bertz CT molecular complexity index is 909. The highest BCUT2D eigenvalue weighted by Gasteiger charge is 2.21. The molecule has 0 radical (unpaired) electrons. The third-order valence-corrected chi connectivity index (χ3v) is 4.51. The zero-order chi connectivity index (χ0) is 21.8. The fraction of sp³-hybridized carbons (Fsp3) is 0.409. The Hall–Kier alpha value is -2.60. The highest BCUT2D eigenvalue weighted by atomic mass is 35.5. The first-order chi connectivity index (χ1) is 13.5. The number of carbonyl (C=O) groups excluding carboxylic acids is 2. The number of hydrogen-bond acceptors (Lipinski definition) is 4. The number of halogens is 1. The minimum absolute atomic E-state index is 0.348. The number of aryl methyl sites for hydroxylation is 2. The maximum Gasteiger partial charge on any atom is 0.331 e. The molecule has 7 heteroatoms. The molecule has 6 nitrogen and oxygen atoms in total. The third kappa shape index (κ3) is 6.75. The van der Waals surface area contributed by atoms with Crippen molar-refractivity contribution < 1.29 is 14.3 Å². The molecule has 1 atom stereocenters. The fourth-order valence-electron chi connectivity index (χ4n) is 2.62. The number of carbonyl (C=O) groups is 2. The molecule has 1 aromatic carbocycles. The van der Waals surface area contributed by atoms with Crippen LogP contribution in [-0.2, 0) is 20.9 Å². The van der Waals surface area contributed by atoms with Crippen molar-refractivity contribution in [3.8, 4) is 0 Å². The van der Waals surface area contributed by atoms with E-state index < -0.39 is 17.6 Å². The van der Waals surface area contributed by atoms with Crippen LogP contribution in [-0.4, -0.2) is 33.3 Å². The number of ether oxygens (including phenoxy) is 1. The topological polar surface area (TPSA) is 73.2 Å². The summed E-state index contributed by atoms with van der Waals surface area (Å²) in [5, 5.41) is 7.66. The normalized spacial score (nSPS) is 12.8. The molecule has 1 amide bonds. The van der Waals surface area contributed by atoms with Crippen molar-refractivity contribution in [1.29, 1.82) is 0 Å². The van der Waals surface area contributed by atoms with Crippen molar-refractivity contribution in [2.45, 2.75) is 59.7 Å². The molecular weight excluding hydrogens is 390 g/mol. The van der Waals surface area contributed by atoms with Crippen LogP contribution < -0.4 is 5.32 Å². The molecule has 0 unspecified atom stereocenters. The monoisotopic (exact) mass is 417 g/mol. The van der Waals surface area contributed by atoms with Crippen LogP contribution in [0.15, 0.2) is 30.3 Å². The van der Waals surface area contributed by atoms with Gasteiger partial charge < -0.3 is 10.1 Å². The van der Waals surface area contributed by atoms with Gasteiger partial charge in [0.05, 0.1) is 12.2 Å². The number of esters is 1. The van der Waals surface area contributed by atoms with Crippen LogP contribution in [0.25, 0.3) is 6.08 Å². The largest absolute Gasteiger partial charge is 0.449 e. The maximum absolute atomic E-state index is 12.1. The van der Waals surface area contributed by atoms with Crippen molar-refractivity contribution in [3.63, 3.8) is 0 Å². The Kier molecular flexibility index (Phi) is 7.25. The second-order valence-electron chi connectivity index (χ2n) is 8.08. The van der Waals surface area contributed by atoms with Crippen LogP contribution in [0.1, 0.15) is 50.1 Å². The van der Waals surface area contributed by atoms with Gasteiger partial charge in [0.1, 0.15) is 5.15 Å². The van der Waals surface area contributed by atoms with Gasteiger partial charge in [0, 0.05) is 17.2 Å². The highest BCUT2D eigenvalue weighted by Crippen LogP contribution is 2.22. The second kappa shape index (κ2) is 9.27. The first-order valence-electron chi connectivity index (χ1n) is 9.45. The summed E-state index contributed by atoms with van der Waals surface area (Å²) in [6, 6.07) is 8.12. The summed E-state index contributed by atoms with van der Waals surface area (Å²) >= 11 is 6.46. The van der Waals surface area contributed by atoms with E-state index in [9.17, 15) is 9.59 Å². The van der Waals surface area contributed by atoms with Crippen molar-refractivity contribution in [2.24, 2.45) is 0 Å². The highest BCUT2D eigenvalue weighted by molar-refractivity contribution is 6.31.